The van der Waals surface area contributed by atoms with Crippen LogP contribution in [0, 0.1) is 0 Å². The number of halogens is 1. The molecule has 0 aliphatic carbocycles. The summed E-state index contributed by atoms with van der Waals surface area (Å²) in [6.45, 7) is 1.47. The van der Waals surface area contributed by atoms with Crippen molar-refractivity contribution in [2.45, 2.75) is 6.92 Å². The molecular formula is C10H10ClNO2. The highest BCUT2D eigenvalue weighted by molar-refractivity contribution is 6.29. The molecule has 0 saturated heterocycles. The number of nitrogens with one attached hydrogen (secondary N) is 1. The number of carbonyl (C=O) groups is 2. The van der Waals surface area contributed by atoms with Crippen molar-refractivity contribution in [1.29, 1.82) is 0 Å². The first-order valence-corrected chi connectivity index (χ1v) is 4.63. The molecule has 0 radical (unpaired) electrons. The van der Waals surface area contributed by atoms with E-state index in [0.29, 0.717) is 11.3 Å². The first kappa shape index (κ1) is 10.7. The minimum Gasteiger partial charge on any atom is -0.325 e. The van der Waals surface area contributed by atoms with Gasteiger partial charge < -0.3 is 5.32 Å². The quantitative estimate of drug-likeness (QED) is 0.615. The Hall–Kier alpha value is -1.35. The van der Waals surface area contributed by atoms with Crippen LogP contribution in [0.25, 0.3) is 0 Å². The Morgan fingerprint density at radius 2 is 2.14 bits per heavy atom. The van der Waals surface area contributed by atoms with Gasteiger partial charge in [-0.3, -0.25) is 9.59 Å². The largest absolute Gasteiger partial charge is 0.325 e. The van der Waals surface area contributed by atoms with Gasteiger partial charge >= 0.3 is 0 Å². The van der Waals surface area contributed by atoms with Crippen molar-refractivity contribution in [3.05, 3.63) is 29.8 Å². The number of alkyl halides is 1. The Kier molecular flexibility index (Phi) is 3.65. The summed E-state index contributed by atoms with van der Waals surface area (Å²) in [5.41, 5.74) is 1.15. The second kappa shape index (κ2) is 4.77. The Morgan fingerprint density at radius 1 is 1.43 bits per heavy atom. The lowest BCUT2D eigenvalue weighted by Crippen LogP contribution is -2.12. The van der Waals surface area contributed by atoms with Gasteiger partial charge in [-0.2, -0.15) is 0 Å². The molecule has 0 fully saturated rings. The van der Waals surface area contributed by atoms with E-state index in [0.717, 1.165) is 0 Å². The lowest BCUT2D eigenvalue weighted by atomic mass is 10.1. The van der Waals surface area contributed by atoms with E-state index in [2.05, 4.69) is 5.32 Å². The SMILES string of the molecule is CC(=O)c1cccc(NC(=O)CCl)c1. The van der Waals surface area contributed by atoms with Crippen LogP contribution >= 0.6 is 11.6 Å². The highest BCUT2D eigenvalue weighted by atomic mass is 35.5. The molecule has 0 unspecified atom stereocenters. The molecule has 3 nitrogen and oxygen atoms in total. The number of Topliss-reactive ketones (excluding diaryl/α,β-unsaturated/α-hetero) is 1. The van der Waals surface area contributed by atoms with Gasteiger partial charge in [0.15, 0.2) is 5.78 Å². The monoisotopic (exact) mass is 211 g/mol. The van der Waals surface area contributed by atoms with E-state index >= 15 is 0 Å². The van der Waals surface area contributed by atoms with E-state index in [9.17, 15) is 9.59 Å². The summed E-state index contributed by atoms with van der Waals surface area (Å²) in [6.07, 6.45) is 0. The second-order valence-corrected chi connectivity index (χ2v) is 3.09. The summed E-state index contributed by atoms with van der Waals surface area (Å²) in [5, 5.41) is 2.56. The van der Waals surface area contributed by atoms with Crippen molar-refractivity contribution in [3.63, 3.8) is 0 Å². The van der Waals surface area contributed by atoms with Gasteiger partial charge in [-0.1, -0.05) is 12.1 Å². The fourth-order valence-corrected chi connectivity index (χ4v) is 1.08. The smallest absolute Gasteiger partial charge is 0.239 e. The normalized spacial score (nSPS) is 9.57. The summed E-state index contributed by atoms with van der Waals surface area (Å²) >= 11 is 5.33. The third-order valence-electron chi connectivity index (χ3n) is 1.67. The maximum Gasteiger partial charge on any atom is 0.239 e. The maximum absolute atomic E-state index is 11.0. The van der Waals surface area contributed by atoms with Crippen LogP contribution in [0.1, 0.15) is 17.3 Å². The Bertz CT molecular complexity index is 363. The van der Waals surface area contributed by atoms with Crippen LogP contribution in [0.4, 0.5) is 5.69 Å². The average Bonchev–Trinajstić information content (AvgIpc) is 2.18. The lowest BCUT2D eigenvalue weighted by molar-refractivity contribution is -0.113. The fourth-order valence-electron chi connectivity index (χ4n) is 1.01. The molecule has 4 heteroatoms. The van der Waals surface area contributed by atoms with Gasteiger partial charge in [0.05, 0.1) is 0 Å². The number of rotatable bonds is 3. The van der Waals surface area contributed by atoms with Crippen LogP contribution in [0.15, 0.2) is 24.3 Å². The third kappa shape index (κ3) is 2.85. The molecule has 0 saturated carbocycles. The summed E-state index contributed by atoms with van der Waals surface area (Å²) in [6, 6.07) is 6.73. The molecule has 1 rings (SSSR count). The van der Waals surface area contributed by atoms with Crippen LogP contribution < -0.4 is 5.32 Å². The van der Waals surface area contributed by atoms with E-state index in [1.165, 1.54) is 6.92 Å². The minimum absolute atomic E-state index is 0.0352. The fraction of sp³-hybridized carbons (Fsp3) is 0.200. The average molecular weight is 212 g/mol. The topological polar surface area (TPSA) is 46.2 Å². The van der Waals surface area contributed by atoms with Gasteiger partial charge in [-0.15, -0.1) is 11.6 Å². The van der Waals surface area contributed by atoms with Gasteiger partial charge in [0.2, 0.25) is 5.91 Å². The van der Waals surface area contributed by atoms with Crippen molar-refractivity contribution in [2.24, 2.45) is 0 Å². The molecular weight excluding hydrogens is 202 g/mol. The molecule has 0 aromatic heterocycles. The zero-order chi connectivity index (χ0) is 10.6. The number of benzene rings is 1. The van der Waals surface area contributed by atoms with Crippen molar-refractivity contribution >= 4 is 29.0 Å². The number of amides is 1. The first-order valence-electron chi connectivity index (χ1n) is 4.10. The van der Waals surface area contributed by atoms with Gasteiger partial charge in [0.25, 0.3) is 0 Å². The van der Waals surface area contributed by atoms with Gasteiger partial charge in [0, 0.05) is 11.3 Å². The summed E-state index contributed by atoms with van der Waals surface area (Å²) < 4.78 is 0. The molecule has 1 aromatic rings. The predicted molar refractivity (Wildman–Crippen MR) is 55.8 cm³/mol. The van der Waals surface area contributed by atoms with Crippen LogP contribution in [0.2, 0.25) is 0 Å². The zero-order valence-corrected chi connectivity index (χ0v) is 8.47. The third-order valence-corrected chi connectivity index (χ3v) is 1.92. The first-order chi connectivity index (χ1) is 6.63. The molecule has 74 valence electrons. The maximum atomic E-state index is 11.0. The molecule has 0 spiro atoms. The molecule has 1 N–H and O–H groups in total. The zero-order valence-electron chi connectivity index (χ0n) is 7.71. The molecule has 14 heavy (non-hydrogen) atoms. The molecule has 1 amide bonds. The number of carbonyl (C=O) groups excluding carboxylic acids is 2. The van der Waals surface area contributed by atoms with E-state index in [1.54, 1.807) is 24.3 Å². The molecule has 0 heterocycles. The van der Waals surface area contributed by atoms with Crippen molar-refractivity contribution in [1.82, 2.24) is 0 Å². The van der Waals surface area contributed by atoms with Crippen molar-refractivity contribution in [2.75, 3.05) is 11.2 Å². The molecule has 0 atom stereocenters. The van der Waals surface area contributed by atoms with Crippen molar-refractivity contribution in [3.8, 4) is 0 Å². The predicted octanol–water partition coefficient (Wildman–Crippen LogP) is 2.07. The van der Waals surface area contributed by atoms with Crippen LogP contribution in [-0.2, 0) is 4.79 Å². The van der Waals surface area contributed by atoms with E-state index in [-0.39, 0.29) is 17.6 Å². The number of ketones is 1. The van der Waals surface area contributed by atoms with Crippen LogP contribution in [-0.4, -0.2) is 17.6 Å². The van der Waals surface area contributed by atoms with Gasteiger partial charge in [0.1, 0.15) is 5.88 Å². The van der Waals surface area contributed by atoms with E-state index < -0.39 is 0 Å². The Labute approximate surface area is 87.1 Å². The molecule has 1 aromatic carbocycles. The number of hydrogen-bond donors (Lipinski definition) is 1. The van der Waals surface area contributed by atoms with Crippen LogP contribution in [0.3, 0.4) is 0 Å². The molecule has 0 aliphatic rings. The highest BCUT2D eigenvalue weighted by Crippen LogP contribution is 2.10. The van der Waals surface area contributed by atoms with Crippen molar-refractivity contribution < 1.29 is 9.59 Å². The van der Waals surface area contributed by atoms with Crippen LogP contribution in [0.5, 0.6) is 0 Å². The lowest BCUT2D eigenvalue weighted by Gasteiger charge is -2.03. The number of hydrogen-bond acceptors (Lipinski definition) is 2. The summed E-state index contributed by atoms with van der Waals surface area (Å²) in [5.74, 6) is -0.413. The Morgan fingerprint density at radius 3 is 2.71 bits per heavy atom. The minimum atomic E-state index is -0.285. The second-order valence-electron chi connectivity index (χ2n) is 2.82. The summed E-state index contributed by atoms with van der Waals surface area (Å²) in [7, 11) is 0. The van der Waals surface area contributed by atoms with Gasteiger partial charge in [-0.25, -0.2) is 0 Å². The van der Waals surface area contributed by atoms with E-state index in [4.69, 9.17) is 11.6 Å². The van der Waals surface area contributed by atoms with E-state index in [1.807, 2.05) is 0 Å². The summed E-state index contributed by atoms with van der Waals surface area (Å²) in [4.78, 5) is 21.9. The standard InChI is InChI=1S/C10H10ClNO2/c1-7(13)8-3-2-4-9(5-8)12-10(14)6-11/h2-5H,6H2,1H3,(H,12,14). The molecule has 0 aliphatic heterocycles. The Balaban J connectivity index is 2.83. The van der Waals surface area contributed by atoms with Gasteiger partial charge in [-0.05, 0) is 19.1 Å². The highest BCUT2D eigenvalue weighted by Gasteiger charge is 2.02. The molecule has 0 bridgehead atoms. The number of anilines is 1.